The standard InChI is InChI=1S/C50H89N5O26.C29H51NO18/c1-3-51-30(58)13-6-4-5-7-16-33(61)55-26(12-10-11-17-52-31(59)14-8-9-15-32(60)53-18-20-74-47-41(69)38(66)34(62)25(2)77-47)46(73)54-19-21-75-49-44(72)45(81-50-43(71)40(68)36(64)28(23-57)79-50)37(65)29(80-49)24-76-48-42(70)39(67)35(63)27(22-56)78-48;1-2-5-13(33)6-3-4-7-17(34)30-8-9-43-28-25(42)26(48-29-24(41)22(39)19(36)15(11-32)46-29)20(37)16(47-28)12-44-27-23(40)21(38)18(35)14(10-31)45-27/h25-29,34-45,47-50,56-57,62-72H,3-24H2,1-2H3,(H,51,58)(H,52,59)(H,53,60)(H,54,73)(H,55,61);14-16,18-29,31-32,35-42H,2-12H2,1H3,(H,30,34)/t25-,26-,27+,28+,29+,34+,35+,36+,37+,38+,39-,40-,41-,42-,43-,44-,45-,47+,48-,49-,50+;14-,15-,16-,18-,19-,20-,21+,22+,23+,24+,25+,26+,27+,28+,29-/m01/s1. The predicted molar refractivity (Wildman–Crippen MR) is 429 cm³/mol. The SMILES string of the molecule is CCCC(=O)CCCCC(=O)NCCO[C@H]1O[C@H](CO[C@H]2O[C@H](CO)[C@@H](O)[C@H](O)[C@@H]2O)[C@@H](O)[C@H](O[C@H]2O[C@H](CO)[C@@H](O)[C@H](O)[C@@H]2O)[C@@H]1O.CCNC(=O)CCCCCCC(=O)N[C@@H](CCCCNC(=O)CCCCC(=O)NCCO[C@@H]1O[C@@H](C)[C@@H](O)[C@@H](O)[C@@H]1O)C(=O)NCCO[C@H]1O[C@H](CO[C@H]2O[C@H](CO)[C@@H](O)[C@H](O)[C@@H]2O)[C@@H](O)[C@H](O[C@H]2O[C@H](CO)[C@@H](O)[C@H](O)[C@@H]2O)[C@@H]1O. The van der Waals surface area contributed by atoms with Gasteiger partial charge in [-0.3, -0.25) is 33.6 Å². The monoisotopic (exact) mass is 1880 g/mol. The second kappa shape index (κ2) is 58.4. The van der Waals surface area contributed by atoms with Gasteiger partial charge in [-0.15, -0.1) is 0 Å². The van der Waals surface area contributed by atoms with Crippen LogP contribution in [0.25, 0.3) is 0 Å². The van der Waals surface area contributed by atoms with Gasteiger partial charge in [-0.2, -0.15) is 0 Å². The summed E-state index contributed by atoms with van der Waals surface area (Å²) in [4.78, 5) is 87.3. The number of carbonyl (C=O) groups is 7. The molecule has 0 aromatic heterocycles. The molecule has 50 nitrogen and oxygen atoms in total. The van der Waals surface area contributed by atoms with Gasteiger partial charge in [-0.1, -0.05) is 19.8 Å². The Labute approximate surface area is 743 Å². The summed E-state index contributed by atoms with van der Waals surface area (Å²) in [5, 5.41) is 253. The highest BCUT2D eigenvalue weighted by atomic mass is 16.8. The van der Waals surface area contributed by atoms with Crippen LogP contribution in [-0.4, -0.2) is 472 Å². The molecule has 7 aliphatic rings. The van der Waals surface area contributed by atoms with Crippen molar-refractivity contribution in [2.45, 2.75) is 364 Å². The van der Waals surface area contributed by atoms with Crippen molar-refractivity contribution >= 4 is 41.2 Å². The Morgan fingerprint density at radius 1 is 0.295 bits per heavy atom. The zero-order chi connectivity index (χ0) is 95.3. The molecular weight excluding hydrogens is 1740 g/mol. The predicted octanol–water partition coefficient (Wildman–Crippen LogP) is -13.2. The topological polar surface area (TPSA) is 786 Å². The van der Waals surface area contributed by atoms with Crippen LogP contribution in [0, 0.1) is 0 Å². The molecule has 7 heterocycles. The first-order valence-corrected chi connectivity index (χ1v) is 44.0. The summed E-state index contributed by atoms with van der Waals surface area (Å²) in [6.07, 6.45) is -49.3. The fourth-order valence-electron chi connectivity index (χ4n) is 14.8. The average Bonchev–Trinajstić information content (AvgIpc) is 0.783. The van der Waals surface area contributed by atoms with Gasteiger partial charge in [0.1, 0.15) is 177 Å². The maximum Gasteiger partial charge on any atom is 0.242 e. The molecule has 7 rings (SSSR count). The van der Waals surface area contributed by atoms with Crippen molar-refractivity contribution in [3.8, 4) is 0 Å². The highest BCUT2D eigenvalue weighted by molar-refractivity contribution is 5.87. The smallest absolute Gasteiger partial charge is 0.242 e. The minimum absolute atomic E-state index is 0.0208. The van der Waals surface area contributed by atoms with Crippen LogP contribution in [0.5, 0.6) is 0 Å². The number of amides is 6. The quantitative estimate of drug-likeness (QED) is 0.0252. The summed E-state index contributed by atoms with van der Waals surface area (Å²) in [7, 11) is 0. The largest absolute Gasteiger partial charge is 0.394 e. The Bertz CT molecular complexity index is 3230. The van der Waals surface area contributed by atoms with Crippen molar-refractivity contribution in [3.05, 3.63) is 0 Å². The van der Waals surface area contributed by atoms with Crippen molar-refractivity contribution in [1.82, 2.24) is 31.9 Å². The molecule has 129 heavy (non-hydrogen) atoms. The molecule has 0 unspecified atom stereocenters. The summed E-state index contributed by atoms with van der Waals surface area (Å²) in [6, 6.07) is -1.05. The van der Waals surface area contributed by atoms with Crippen molar-refractivity contribution in [2.75, 3.05) is 92.2 Å². The van der Waals surface area contributed by atoms with Crippen molar-refractivity contribution in [3.63, 3.8) is 0 Å². The van der Waals surface area contributed by atoms with Crippen LogP contribution in [0.15, 0.2) is 0 Å². The van der Waals surface area contributed by atoms with Crippen molar-refractivity contribution in [2.24, 2.45) is 0 Å². The van der Waals surface area contributed by atoms with Gasteiger partial charge in [0.25, 0.3) is 0 Å². The van der Waals surface area contributed by atoms with E-state index in [-0.39, 0.29) is 108 Å². The number of hydrogen-bond donors (Lipinski definition) is 29. The van der Waals surface area contributed by atoms with E-state index in [9.17, 15) is 151 Å². The Morgan fingerprint density at radius 2 is 0.612 bits per heavy atom. The van der Waals surface area contributed by atoms with Gasteiger partial charge in [-0.25, -0.2) is 0 Å². The van der Waals surface area contributed by atoms with Gasteiger partial charge >= 0.3 is 0 Å². The molecule has 7 aliphatic heterocycles. The first-order chi connectivity index (χ1) is 61.5. The first kappa shape index (κ1) is 113. The normalized spacial score (nSPS) is 36.8. The first-order valence-electron chi connectivity index (χ1n) is 44.0. The number of aliphatic hydroxyl groups is 23. The van der Waals surface area contributed by atoms with Gasteiger partial charge in [0, 0.05) is 77.7 Å². The van der Waals surface area contributed by atoms with Crippen LogP contribution in [0.3, 0.4) is 0 Å². The van der Waals surface area contributed by atoms with E-state index < -0.39 is 272 Å². The molecule has 0 bridgehead atoms. The fourth-order valence-corrected chi connectivity index (χ4v) is 14.8. The number of ketones is 1. The molecule has 0 saturated carbocycles. The van der Waals surface area contributed by atoms with Crippen LogP contribution < -0.4 is 31.9 Å². The molecule has 0 radical (unpaired) electrons. The number of rotatable bonds is 53. The van der Waals surface area contributed by atoms with Gasteiger partial charge in [0.15, 0.2) is 44.0 Å². The number of aliphatic hydroxyl groups excluding tert-OH is 23. The number of ether oxygens (including phenoxy) is 14. The Kier molecular flexibility index (Phi) is 51.1. The molecule has 6 amide bonds. The van der Waals surface area contributed by atoms with E-state index in [1.165, 1.54) is 6.92 Å². The minimum Gasteiger partial charge on any atom is -0.394 e. The second-order valence-electron chi connectivity index (χ2n) is 32.5. The highest BCUT2D eigenvalue weighted by Gasteiger charge is 2.55. The zero-order valence-electron chi connectivity index (χ0n) is 72.5. The molecule has 7 fully saturated rings. The van der Waals surface area contributed by atoms with Crippen LogP contribution in [0.1, 0.15) is 143 Å². The van der Waals surface area contributed by atoms with E-state index in [0.29, 0.717) is 90.0 Å². The molecule has 50 heteroatoms. The van der Waals surface area contributed by atoms with E-state index in [1.807, 2.05) is 13.8 Å². The zero-order valence-corrected chi connectivity index (χ0v) is 72.5. The molecular formula is C79H140N6O44. The molecule has 0 aliphatic carbocycles. The third-order valence-electron chi connectivity index (χ3n) is 22.5. The lowest BCUT2D eigenvalue weighted by atomic mass is 9.96. The fraction of sp³-hybridized carbons (Fsp3) is 0.911. The van der Waals surface area contributed by atoms with Crippen molar-refractivity contribution < 1.29 is 217 Å². The summed E-state index contributed by atoms with van der Waals surface area (Å²) in [5.74, 6) is -1.77. The maximum atomic E-state index is 13.6. The van der Waals surface area contributed by atoms with Crippen LogP contribution in [-0.2, 0) is 99.9 Å². The Morgan fingerprint density at radius 3 is 1.00 bits per heavy atom. The Hall–Kier alpha value is -4.99. The van der Waals surface area contributed by atoms with E-state index in [4.69, 9.17) is 66.3 Å². The van der Waals surface area contributed by atoms with Gasteiger partial charge in [-0.05, 0) is 78.1 Å². The van der Waals surface area contributed by atoms with Crippen LogP contribution in [0.2, 0.25) is 0 Å². The number of hydrogen-bond acceptors (Lipinski definition) is 44. The average molecular weight is 1880 g/mol. The number of carbonyl (C=O) groups excluding carboxylic acids is 7. The molecule has 0 aromatic rings. The summed E-state index contributed by atoms with van der Waals surface area (Å²) in [6.45, 7) is 0.818. The lowest BCUT2D eigenvalue weighted by Crippen LogP contribution is -2.65. The highest BCUT2D eigenvalue weighted by Crippen LogP contribution is 2.35. The minimum atomic E-state index is -1.97. The third-order valence-corrected chi connectivity index (χ3v) is 22.5. The molecule has 29 N–H and O–H groups in total. The molecule has 7 saturated heterocycles. The second-order valence-corrected chi connectivity index (χ2v) is 32.5. The van der Waals surface area contributed by atoms with E-state index >= 15 is 0 Å². The van der Waals surface area contributed by atoms with Gasteiger partial charge in [0.05, 0.1) is 65.6 Å². The van der Waals surface area contributed by atoms with E-state index in [0.717, 1.165) is 6.42 Å². The summed E-state index contributed by atoms with van der Waals surface area (Å²) >= 11 is 0. The van der Waals surface area contributed by atoms with Crippen molar-refractivity contribution in [1.29, 1.82) is 0 Å². The lowest BCUT2D eigenvalue weighted by Gasteiger charge is -2.46. The number of Topliss-reactive ketones (excluding diaryl/α,β-unsaturated/α-hetero) is 1. The molecule has 0 aromatic carbocycles. The van der Waals surface area contributed by atoms with Gasteiger partial charge < -0.3 is 216 Å². The molecule has 750 valence electrons. The van der Waals surface area contributed by atoms with Crippen LogP contribution in [0.4, 0.5) is 0 Å². The molecule has 36 atom stereocenters. The lowest BCUT2D eigenvalue weighted by molar-refractivity contribution is -0.366. The third kappa shape index (κ3) is 35.0. The Balaban J connectivity index is 0.000000453. The number of unbranched alkanes of at least 4 members (excludes halogenated alkanes) is 6. The van der Waals surface area contributed by atoms with E-state index in [1.54, 1.807) is 0 Å². The number of nitrogens with one attached hydrogen (secondary N) is 6. The maximum absolute atomic E-state index is 13.6. The van der Waals surface area contributed by atoms with E-state index in [2.05, 4.69) is 31.9 Å². The van der Waals surface area contributed by atoms with Gasteiger partial charge in [0.2, 0.25) is 35.4 Å². The molecule has 0 spiro atoms. The summed E-state index contributed by atoms with van der Waals surface area (Å²) in [5.41, 5.74) is 0. The van der Waals surface area contributed by atoms with Crippen LogP contribution >= 0.6 is 0 Å². The summed E-state index contributed by atoms with van der Waals surface area (Å²) < 4.78 is 77.5.